The highest BCUT2D eigenvalue weighted by molar-refractivity contribution is 7.15. The summed E-state index contributed by atoms with van der Waals surface area (Å²) in [6.45, 7) is 0.307. The number of amides is 1. The fraction of sp³-hybridized carbons (Fsp3) is 0.273. The van der Waals surface area contributed by atoms with Crippen LogP contribution in [0.25, 0.3) is 11.0 Å². The maximum absolute atomic E-state index is 11.6. The van der Waals surface area contributed by atoms with Crippen LogP contribution in [0.1, 0.15) is 5.69 Å². The Morgan fingerprint density at radius 1 is 1.71 bits per heavy atom. The molecule has 0 saturated carbocycles. The van der Waals surface area contributed by atoms with Crippen LogP contribution in [-0.2, 0) is 4.79 Å². The van der Waals surface area contributed by atoms with Crippen LogP contribution in [-0.4, -0.2) is 45.5 Å². The number of thiazole rings is 1. The molecular weight excluding hydrogens is 238 g/mol. The van der Waals surface area contributed by atoms with E-state index in [1.807, 2.05) is 16.0 Å². The van der Waals surface area contributed by atoms with Crippen LogP contribution >= 0.6 is 11.3 Å². The Morgan fingerprint density at radius 3 is 3.29 bits per heavy atom. The monoisotopic (exact) mass is 251 g/mol. The summed E-state index contributed by atoms with van der Waals surface area (Å²) in [7, 11) is 1.65. The Balaban J connectivity index is 2.11. The summed E-state index contributed by atoms with van der Waals surface area (Å²) in [4.78, 5) is 18.2. The fourth-order valence-electron chi connectivity index (χ4n) is 1.41. The molecule has 0 radical (unpaired) electrons. The fourth-order valence-corrected chi connectivity index (χ4v) is 2.11. The molecule has 90 valence electrons. The lowest BCUT2D eigenvalue weighted by Gasteiger charge is -2.12. The van der Waals surface area contributed by atoms with Crippen molar-refractivity contribution in [1.29, 1.82) is 0 Å². The molecule has 0 aliphatic carbocycles. The van der Waals surface area contributed by atoms with Crippen molar-refractivity contribution in [3.05, 3.63) is 29.5 Å². The van der Waals surface area contributed by atoms with E-state index in [4.69, 9.17) is 5.11 Å². The average molecular weight is 251 g/mol. The van der Waals surface area contributed by atoms with Crippen LogP contribution in [0.4, 0.5) is 0 Å². The molecule has 0 unspecified atom stereocenters. The van der Waals surface area contributed by atoms with Crippen molar-refractivity contribution in [1.82, 2.24) is 14.3 Å². The zero-order valence-electron chi connectivity index (χ0n) is 9.41. The molecule has 0 spiro atoms. The second-order valence-electron chi connectivity index (χ2n) is 3.56. The Morgan fingerprint density at radius 2 is 2.53 bits per heavy atom. The van der Waals surface area contributed by atoms with Crippen molar-refractivity contribution in [3.8, 4) is 0 Å². The van der Waals surface area contributed by atoms with E-state index in [-0.39, 0.29) is 12.5 Å². The summed E-state index contributed by atoms with van der Waals surface area (Å²) >= 11 is 1.55. The standard InChI is InChI=1S/C11H13N3O2S/c1-13(4-6-15)10(16)3-2-9-8-12-11-14(9)5-7-17-11/h2-3,5,7-8,15H,4,6H2,1H3/b3-2+. The highest BCUT2D eigenvalue weighted by Gasteiger charge is 2.04. The molecule has 17 heavy (non-hydrogen) atoms. The number of rotatable bonds is 4. The van der Waals surface area contributed by atoms with Gasteiger partial charge in [0.25, 0.3) is 0 Å². The molecule has 0 saturated heterocycles. The molecule has 2 rings (SSSR count). The first-order chi connectivity index (χ1) is 8.22. The normalized spacial score (nSPS) is 11.4. The van der Waals surface area contributed by atoms with E-state index in [0.29, 0.717) is 6.54 Å². The largest absolute Gasteiger partial charge is 0.395 e. The van der Waals surface area contributed by atoms with Crippen LogP contribution in [0, 0.1) is 0 Å². The van der Waals surface area contributed by atoms with E-state index in [9.17, 15) is 4.79 Å². The van der Waals surface area contributed by atoms with Crippen LogP contribution in [0.2, 0.25) is 0 Å². The van der Waals surface area contributed by atoms with Crippen LogP contribution in [0.15, 0.2) is 23.8 Å². The van der Waals surface area contributed by atoms with E-state index in [0.717, 1.165) is 10.7 Å². The minimum Gasteiger partial charge on any atom is -0.395 e. The van der Waals surface area contributed by atoms with Crippen molar-refractivity contribution >= 4 is 28.3 Å². The zero-order chi connectivity index (χ0) is 12.3. The number of aliphatic hydroxyl groups excluding tert-OH is 1. The number of aliphatic hydroxyl groups is 1. The van der Waals surface area contributed by atoms with Gasteiger partial charge in [-0.15, -0.1) is 11.3 Å². The summed E-state index contributed by atoms with van der Waals surface area (Å²) in [5, 5.41) is 10.7. The second kappa shape index (κ2) is 5.11. The van der Waals surface area contributed by atoms with Crippen molar-refractivity contribution in [2.75, 3.05) is 20.2 Å². The summed E-state index contributed by atoms with van der Waals surface area (Å²) in [6, 6.07) is 0. The topological polar surface area (TPSA) is 57.8 Å². The van der Waals surface area contributed by atoms with Gasteiger partial charge in [0.2, 0.25) is 5.91 Å². The predicted octanol–water partition coefficient (Wildman–Crippen LogP) is 0.860. The maximum atomic E-state index is 11.6. The molecule has 2 heterocycles. The molecule has 0 aliphatic rings. The van der Waals surface area contributed by atoms with Gasteiger partial charge in [0.05, 0.1) is 18.5 Å². The molecule has 0 aromatic carbocycles. The molecule has 1 N–H and O–H groups in total. The molecule has 0 atom stereocenters. The van der Waals surface area contributed by atoms with Crippen molar-refractivity contribution in [3.63, 3.8) is 0 Å². The minimum absolute atomic E-state index is 0.0302. The van der Waals surface area contributed by atoms with Gasteiger partial charge >= 0.3 is 0 Å². The smallest absolute Gasteiger partial charge is 0.246 e. The van der Waals surface area contributed by atoms with Crippen molar-refractivity contribution in [2.24, 2.45) is 0 Å². The highest BCUT2D eigenvalue weighted by Crippen LogP contribution is 2.13. The van der Waals surface area contributed by atoms with Gasteiger partial charge in [-0.1, -0.05) is 0 Å². The van der Waals surface area contributed by atoms with Gasteiger partial charge in [-0.25, -0.2) is 4.98 Å². The molecule has 0 fully saturated rings. The summed E-state index contributed by atoms with van der Waals surface area (Å²) in [5.41, 5.74) is 0.868. The van der Waals surface area contributed by atoms with Crippen LogP contribution in [0.3, 0.4) is 0 Å². The molecule has 5 nitrogen and oxygen atoms in total. The molecule has 0 aliphatic heterocycles. The maximum Gasteiger partial charge on any atom is 0.246 e. The lowest BCUT2D eigenvalue weighted by molar-refractivity contribution is -0.125. The first-order valence-corrected chi connectivity index (χ1v) is 6.05. The van der Waals surface area contributed by atoms with Crippen molar-refractivity contribution in [2.45, 2.75) is 0 Å². The Bertz CT molecular complexity index is 544. The predicted molar refractivity (Wildman–Crippen MR) is 66.8 cm³/mol. The third-order valence-electron chi connectivity index (χ3n) is 2.38. The number of carbonyl (C=O) groups is 1. The second-order valence-corrected chi connectivity index (χ2v) is 4.43. The number of fused-ring (bicyclic) bond motifs is 1. The summed E-state index contributed by atoms with van der Waals surface area (Å²) in [5.74, 6) is -0.135. The first kappa shape index (κ1) is 11.8. The summed E-state index contributed by atoms with van der Waals surface area (Å²) < 4.78 is 1.92. The van der Waals surface area contributed by atoms with Crippen molar-refractivity contribution < 1.29 is 9.90 Å². The van der Waals surface area contributed by atoms with E-state index in [2.05, 4.69) is 4.98 Å². The third kappa shape index (κ3) is 2.54. The average Bonchev–Trinajstić information content (AvgIpc) is 2.89. The third-order valence-corrected chi connectivity index (χ3v) is 3.15. The van der Waals surface area contributed by atoms with Crippen LogP contribution in [0.5, 0.6) is 0 Å². The lowest BCUT2D eigenvalue weighted by atomic mass is 10.3. The number of aromatic nitrogens is 2. The molecule has 2 aromatic heterocycles. The first-order valence-electron chi connectivity index (χ1n) is 5.17. The van der Waals surface area contributed by atoms with E-state index < -0.39 is 0 Å². The molecular formula is C11H13N3O2S. The van der Waals surface area contributed by atoms with Gasteiger partial charge < -0.3 is 10.0 Å². The SMILES string of the molecule is CN(CCO)C(=O)/C=C/c1cnc2sccn12. The number of nitrogens with zero attached hydrogens (tertiary/aromatic N) is 3. The lowest BCUT2D eigenvalue weighted by Crippen LogP contribution is -2.27. The van der Waals surface area contributed by atoms with E-state index in [1.54, 1.807) is 30.7 Å². The van der Waals surface area contributed by atoms with Gasteiger partial charge in [-0.2, -0.15) is 0 Å². The number of imidazole rings is 1. The number of carbonyl (C=O) groups excluding carboxylic acids is 1. The van der Waals surface area contributed by atoms with Crippen LogP contribution < -0.4 is 0 Å². The molecule has 2 aromatic rings. The molecule has 6 heteroatoms. The Labute approximate surface area is 103 Å². The molecule has 1 amide bonds. The van der Waals surface area contributed by atoms with Gasteiger partial charge in [0.1, 0.15) is 0 Å². The Hall–Kier alpha value is -1.66. The van der Waals surface area contributed by atoms with Gasteiger partial charge in [0, 0.05) is 31.2 Å². The number of hydrogen-bond donors (Lipinski definition) is 1. The van der Waals surface area contributed by atoms with E-state index >= 15 is 0 Å². The number of likely N-dealkylation sites (N-methyl/N-ethyl adjacent to an activating group) is 1. The van der Waals surface area contributed by atoms with Gasteiger partial charge in [-0.3, -0.25) is 9.20 Å². The summed E-state index contributed by atoms with van der Waals surface area (Å²) in [6.07, 6.45) is 6.84. The van der Waals surface area contributed by atoms with E-state index in [1.165, 1.54) is 11.0 Å². The number of hydrogen-bond acceptors (Lipinski definition) is 4. The molecule has 0 bridgehead atoms. The quantitative estimate of drug-likeness (QED) is 0.820. The van der Waals surface area contributed by atoms with Gasteiger partial charge in [-0.05, 0) is 6.08 Å². The minimum atomic E-state index is -0.135. The Kier molecular flexibility index (Phi) is 3.55. The highest BCUT2D eigenvalue weighted by atomic mass is 32.1. The zero-order valence-corrected chi connectivity index (χ0v) is 10.2. The van der Waals surface area contributed by atoms with Gasteiger partial charge in [0.15, 0.2) is 4.96 Å².